The van der Waals surface area contributed by atoms with Crippen LogP contribution in [0.5, 0.6) is 0 Å². The van der Waals surface area contributed by atoms with Crippen molar-refractivity contribution in [1.82, 2.24) is 0 Å². The minimum atomic E-state index is -0.0954. The summed E-state index contributed by atoms with van der Waals surface area (Å²) in [4.78, 5) is 0. The van der Waals surface area contributed by atoms with E-state index in [1.54, 1.807) is 0 Å². The standard InChI is InChI=1S/C21H40O/c1-3-5-7-9-11-13-15-17-19-21(22)20-18-16-14-12-10-8-6-4-2/h21-22H,3-11,13,15-20H2,1-2H3. The number of hydrogen-bond donors (Lipinski definition) is 1. The molecule has 0 aliphatic rings. The van der Waals surface area contributed by atoms with Gasteiger partial charge in [0.15, 0.2) is 0 Å². The second-order valence-electron chi connectivity index (χ2n) is 6.62. The second kappa shape index (κ2) is 18.6. The quantitative estimate of drug-likeness (QED) is 0.266. The molecule has 0 heterocycles. The van der Waals surface area contributed by atoms with Crippen molar-refractivity contribution in [2.45, 2.75) is 123 Å². The highest BCUT2D eigenvalue weighted by Gasteiger charge is 2.02. The number of rotatable bonds is 15. The van der Waals surface area contributed by atoms with Crippen molar-refractivity contribution in [3.63, 3.8) is 0 Å². The predicted octanol–water partition coefficient (Wildman–Crippen LogP) is 6.63. The van der Waals surface area contributed by atoms with E-state index in [1.807, 2.05) is 0 Å². The molecule has 22 heavy (non-hydrogen) atoms. The monoisotopic (exact) mass is 308 g/mol. The molecule has 0 spiro atoms. The molecule has 0 aromatic carbocycles. The smallest absolute Gasteiger partial charge is 0.0540 e. The van der Waals surface area contributed by atoms with Crippen LogP contribution in [0.1, 0.15) is 117 Å². The lowest BCUT2D eigenvalue weighted by Gasteiger charge is -2.09. The summed E-state index contributed by atoms with van der Waals surface area (Å²) in [5.74, 6) is 6.48. The molecule has 1 heteroatoms. The minimum Gasteiger partial charge on any atom is -0.393 e. The van der Waals surface area contributed by atoms with Gasteiger partial charge in [-0.2, -0.15) is 0 Å². The first-order chi connectivity index (χ1) is 10.8. The number of hydrogen-bond acceptors (Lipinski definition) is 1. The summed E-state index contributed by atoms with van der Waals surface area (Å²) >= 11 is 0. The molecule has 0 aliphatic heterocycles. The first-order valence-corrected chi connectivity index (χ1v) is 9.95. The van der Waals surface area contributed by atoms with Crippen molar-refractivity contribution in [1.29, 1.82) is 0 Å². The zero-order valence-electron chi connectivity index (χ0n) is 15.3. The zero-order valence-corrected chi connectivity index (χ0v) is 15.3. The fourth-order valence-corrected chi connectivity index (χ4v) is 2.72. The third-order valence-corrected chi connectivity index (χ3v) is 4.26. The second-order valence-corrected chi connectivity index (χ2v) is 6.62. The van der Waals surface area contributed by atoms with Crippen LogP contribution < -0.4 is 0 Å². The maximum atomic E-state index is 9.95. The highest BCUT2D eigenvalue weighted by molar-refractivity contribution is 4.98. The molecule has 0 saturated carbocycles. The fraction of sp³-hybridized carbons (Fsp3) is 0.905. The van der Waals surface area contributed by atoms with Crippen LogP contribution in [0.25, 0.3) is 0 Å². The van der Waals surface area contributed by atoms with E-state index in [0.717, 1.165) is 32.1 Å². The summed E-state index contributed by atoms with van der Waals surface area (Å²) in [6.07, 6.45) is 19.4. The summed E-state index contributed by atoms with van der Waals surface area (Å²) in [6, 6.07) is 0. The highest BCUT2D eigenvalue weighted by Crippen LogP contribution is 2.13. The molecule has 0 aromatic rings. The molecule has 1 unspecified atom stereocenters. The molecular weight excluding hydrogens is 268 g/mol. The Morgan fingerprint density at radius 3 is 1.68 bits per heavy atom. The average Bonchev–Trinajstić information content (AvgIpc) is 2.52. The van der Waals surface area contributed by atoms with E-state index in [-0.39, 0.29) is 6.10 Å². The first kappa shape index (κ1) is 21.5. The molecule has 0 aromatic heterocycles. The van der Waals surface area contributed by atoms with E-state index in [9.17, 15) is 5.11 Å². The number of aliphatic hydroxyl groups excluding tert-OH is 1. The first-order valence-electron chi connectivity index (χ1n) is 9.95. The van der Waals surface area contributed by atoms with Crippen molar-refractivity contribution >= 4 is 0 Å². The summed E-state index contributed by atoms with van der Waals surface area (Å²) in [5, 5.41) is 9.95. The molecule has 1 N–H and O–H groups in total. The van der Waals surface area contributed by atoms with Crippen LogP contribution >= 0.6 is 0 Å². The van der Waals surface area contributed by atoms with Crippen LogP contribution in [0, 0.1) is 11.8 Å². The number of unbranched alkanes of at least 4 members (excludes halogenated alkanes) is 11. The van der Waals surface area contributed by atoms with Crippen LogP contribution in [0.2, 0.25) is 0 Å². The molecule has 0 aliphatic carbocycles. The van der Waals surface area contributed by atoms with E-state index in [2.05, 4.69) is 25.7 Å². The summed E-state index contributed by atoms with van der Waals surface area (Å²) in [7, 11) is 0. The minimum absolute atomic E-state index is 0.0954. The van der Waals surface area contributed by atoms with E-state index >= 15 is 0 Å². The van der Waals surface area contributed by atoms with Crippen LogP contribution in [-0.4, -0.2) is 11.2 Å². The van der Waals surface area contributed by atoms with Crippen LogP contribution in [0.3, 0.4) is 0 Å². The molecule has 0 radical (unpaired) electrons. The van der Waals surface area contributed by atoms with E-state index in [0.29, 0.717) is 0 Å². The molecule has 0 rings (SSSR count). The predicted molar refractivity (Wildman–Crippen MR) is 99.0 cm³/mol. The third kappa shape index (κ3) is 17.6. The van der Waals surface area contributed by atoms with Gasteiger partial charge in [-0.15, -0.1) is 11.8 Å². The van der Waals surface area contributed by atoms with Crippen molar-refractivity contribution < 1.29 is 5.11 Å². The maximum Gasteiger partial charge on any atom is 0.0540 e. The summed E-state index contributed by atoms with van der Waals surface area (Å²) < 4.78 is 0. The van der Waals surface area contributed by atoms with Gasteiger partial charge in [-0.25, -0.2) is 0 Å². The van der Waals surface area contributed by atoms with Gasteiger partial charge in [-0.1, -0.05) is 78.1 Å². The van der Waals surface area contributed by atoms with Gasteiger partial charge >= 0.3 is 0 Å². The van der Waals surface area contributed by atoms with Crippen molar-refractivity contribution in [2.24, 2.45) is 0 Å². The Morgan fingerprint density at radius 1 is 0.591 bits per heavy atom. The highest BCUT2D eigenvalue weighted by atomic mass is 16.3. The van der Waals surface area contributed by atoms with Gasteiger partial charge in [0.05, 0.1) is 6.10 Å². The molecule has 0 bridgehead atoms. The SMILES string of the molecule is CCCCCC#CCCCC(O)CCCCCCCCCC. The number of aliphatic hydroxyl groups is 1. The Hall–Kier alpha value is -0.480. The van der Waals surface area contributed by atoms with Crippen molar-refractivity contribution in [3.8, 4) is 11.8 Å². The third-order valence-electron chi connectivity index (χ3n) is 4.26. The van der Waals surface area contributed by atoms with E-state index in [1.165, 1.54) is 70.6 Å². The Balaban J connectivity index is 3.24. The van der Waals surface area contributed by atoms with Crippen molar-refractivity contribution in [3.05, 3.63) is 0 Å². The van der Waals surface area contributed by atoms with Crippen LogP contribution in [-0.2, 0) is 0 Å². The molecule has 130 valence electrons. The summed E-state index contributed by atoms with van der Waals surface area (Å²) in [5.41, 5.74) is 0. The van der Waals surface area contributed by atoms with Gasteiger partial charge in [0.25, 0.3) is 0 Å². The molecule has 0 saturated heterocycles. The Bertz CT molecular complexity index is 261. The van der Waals surface area contributed by atoms with Crippen molar-refractivity contribution in [2.75, 3.05) is 0 Å². The lowest BCUT2D eigenvalue weighted by molar-refractivity contribution is 0.148. The zero-order chi connectivity index (χ0) is 16.3. The van der Waals surface area contributed by atoms with Gasteiger partial charge in [-0.3, -0.25) is 0 Å². The van der Waals surface area contributed by atoms with Gasteiger partial charge < -0.3 is 5.11 Å². The summed E-state index contributed by atoms with van der Waals surface area (Å²) in [6.45, 7) is 4.49. The van der Waals surface area contributed by atoms with Gasteiger partial charge in [0, 0.05) is 12.8 Å². The fourth-order valence-electron chi connectivity index (χ4n) is 2.72. The average molecular weight is 309 g/mol. The maximum absolute atomic E-state index is 9.95. The Kier molecular flexibility index (Phi) is 18.2. The lowest BCUT2D eigenvalue weighted by atomic mass is 10.0. The Labute approximate surface area is 140 Å². The molecule has 1 atom stereocenters. The van der Waals surface area contributed by atoms with Gasteiger partial charge in [0.1, 0.15) is 0 Å². The molecular formula is C21H40O. The molecule has 1 nitrogen and oxygen atoms in total. The van der Waals surface area contributed by atoms with Gasteiger partial charge in [-0.05, 0) is 25.7 Å². The lowest BCUT2D eigenvalue weighted by Crippen LogP contribution is -2.05. The van der Waals surface area contributed by atoms with Crippen LogP contribution in [0.15, 0.2) is 0 Å². The van der Waals surface area contributed by atoms with Crippen LogP contribution in [0.4, 0.5) is 0 Å². The molecule has 0 amide bonds. The normalized spacial score (nSPS) is 12.0. The van der Waals surface area contributed by atoms with E-state index in [4.69, 9.17) is 0 Å². The van der Waals surface area contributed by atoms with Gasteiger partial charge in [0.2, 0.25) is 0 Å². The molecule has 0 fully saturated rings. The topological polar surface area (TPSA) is 20.2 Å². The largest absolute Gasteiger partial charge is 0.393 e. The Morgan fingerprint density at radius 2 is 1.05 bits per heavy atom. The van der Waals surface area contributed by atoms with E-state index < -0.39 is 0 Å².